The van der Waals surface area contributed by atoms with Gasteiger partial charge in [0.25, 0.3) is 0 Å². The highest BCUT2D eigenvalue weighted by Crippen LogP contribution is 2.46. The van der Waals surface area contributed by atoms with Crippen LogP contribution in [0.15, 0.2) is 6.07 Å². The zero-order valence-electron chi connectivity index (χ0n) is 26.4. The average molecular weight is 616 g/mol. The van der Waals surface area contributed by atoms with Gasteiger partial charge in [-0.15, -0.1) is 0 Å². The Hall–Kier alpha value is -2.49. The summed E-state index contributed by atoms with van der Waals surface area (Å²) in [6, 6.07) is 1.48. The largest absolute Gasteiger partial charge is 0.490 e. The summed E-state index contributed by atoms with van der Waals surface area (Å²) < 4.78 is 56.6. The van der Waals surface area contributed by atoms with Gasteiger partial charge >= 0.3 is 5.97 Å². The number of sulfonamides is 1. The van der Waals surface area contributed by atoms with Crippen LogP contribution in [0.3, 0.4) is 0 Å². The molecule has 2 aromatic carbocycles. The molecule has 2 aliphatic heterocycles. The van der Waals surface area contributed by atoms with E-state index in [1.54, 1.807) is 4.31 Å². The van der Waals surface area contributed by atoms with Gasteiger partial charge in [0, 0.05) is 24.2 Å². The van der Waals surface area contributed by atoms with Crippen molar-refractivity contribution in [2.24, 2.45) is 0 Å². The van der Waals surface area contributed by atoms with Crippen LogP contribution in [0.4, 0.5) is 4.39 Å². The lowest BCUT2D eigenvalue weighted by molar-refractivity contribution is -0.160. The van der Waals surface area contributed by atoms with E-state index in [-0.39, 0.29) is 11.0 Å². The number of carboxylic acid groups (broad SMARTS) is 1. The lowest BCUT2D eigenvalue weighted by Gasteiger charge is -2.31. The van der Waals surface area contributed by atoms with Crippen molar-refractivity contribution < 1.29 is 32.2 Å². The zero-order valence-corrected chi connectivity index (χ0v) is 27.3. The van der Waals surface area contributed by atoms with Crippen LogP contribution in [0.2, 0.25) is 0 Å². The fraction of sp³-hybridized carbons (Fsp3) is 0.618. The number of carboxylic acids is 1. The maximum atomic E-state index is 15.6. The van der Waals surface area contributed by atoms with Crippen molar-refractivity contribution in [1.82, 2.24) is 4.31 Å². The Balaban J connectivity index is 1.70. The summed E-state index contributed by atoms with van der Waals surface area (Å²) >= 11 is 0. The second-order valence-corrected chi connectivity index (χ2v) is 15.7. The van der Waals surface area contributed by atoms with Crippen molar-refractivity contribution in [3.05, 3.63) is 50.8 Å². The van der Waals surface area contributed by atoms with Crippen molar-refractivity contribution in [2.45, 2.75) is 116 Å². The van der Waals surface area contributed by atoms with E-state index in [0.717, 1.165) is 59.1 Å². The summed E-state index contributed by atoms with van der Waals surface area (Å²) in [5.74, 6) is -1.29. The second-order valence-electron chi connectivity index (χ2n) is 13.4. The molecule has 0 aromatic heterocycles. The molecule has 236 valence electrons. The topological polar surface area (TPSA) is 93.1 Å². The van der Waals surface area contributed by atoms with Crippen LogP contribution in [0, 0.1) is 26.6 Å². The first-order chi connectivity index (χ1) is 20.2. The molecule has 2 aromatic rings. The molecule has 1 fully saturated rings. The molecule has 1 N–H and O–H groups in total. The second kappa shape index (κ2) is 12.1. The van der Waals surface area contributed by atoms with E-state index in [1.165, 1.54) is 6.07 Å². The van der Waals surface area contributed by atoms with Gasteiger partial charge < -0.3 is 14.6 Å². The first-order valence-electron chi connectivity index (χ1n) is 15.7. The minimum Gasteiger partial charge on any atom is -0.490 e. The fourth-order valence-corrected chi connectivity index (χ4v) is 9.47. The molecule has 1 unspecified atom stereocenters. The lowest BCUT2D eigenvalue weighted by atomic mass is 9.79. The van der Waals surface area contributed by atoms with Crippen LogP contribution in [0.1, 0.15) is 104 Å². The maximum Gasteiger partial charge on any atom is 0.337 e. The highest BCUT2D eigenvalue weighted by atomic mass is 32.2. The molecule has 3 aliphatic rings. The summed E-state index contributed by atoms with van der Waals surface area (Å²) in [5, 5.41) is 10.2. The molecule has 0 spiro atoms. The number of aliphatic carboxylic acids is 1. The number of carbonyl (C=O) groups is 1. The summed E-state index contributed by atoms with van der Waals surface area (Å²) in [7, 11) is -3.45. The van der Waals surface area contributed by atoms with Gasteiger partial charge in [0.15, 0.2) is 17.7 Å². The Morgan fingerprint density at radius 1 is 0.977 bits per heavy atom. The van der Waals surface area contributed by atoms with Gasteiger partial charge in [0.05, 0.1) is 17.5 Å². The number of ether oxygens (including phenoxy) is 2. The Labute approximate surface area is 255 Å². The third-order valence-electron chi connectivity index (χ3n) is 9.54. The standard InChI is InChI=1S/C34H46FNO6S/c1-20-26-13-10-18-41-31(26)28(35)19-27(20)29-21(2)24-14-16-36(43(39,40)23-11-8-7-9-12-23)17-15-25(24)22(3)30(29)32(33(37)38)42-34(4,5)6/h19,23,32H,7-18H2,1-6H3,(H,37,38). The van der Waals surface area contributed by atoms with E-state index in [0.29, 0.717) is 68.5 Å². The third kappa shape index (κ3) is 6.09. The number of hydrogen-bond donors (Lipinski definition) is 1. The summed E-state index contributed by atoms with van der Waals surface area (Å²) in [5.41, 5.74) is 6.37. The predicted octanol–water partition coefficient (Wildman–Crippen LogP) is 6.75. The normalized spacial score (nSPS) is 19.2. The van der Waals surface area contributed by atoms with Gasteiger partial charge in [-0.25, -0.2) is 21.9 Å². The van der Waals surface area contributed by atoms with Crippen molar-refractivity contribution >= 4 is 16.0 Å². The molecule has 0 bridgehead atoms. The number of hydrogen-bond acceptors (Lipinski definition) is 5. The van der Waals surface area contributed by atoms with Crippen LogP contribution < -0.4 is 4.74 Å². The molecule has 1 aliphatic carbocycles. The van der Waals surface area contributed by atoms with E-state index < -0.39 is 33.5 Å². The number of halogens is 1. The summed E-state index contributed by atoms with van der Waals surface area (Å²) in [4.78, 5) is 12.9. The molecule has 0 saturated heterocycles. The van der Waals surface area contributed by atoms with Crippen LogP contribution in [-0.2, 0) is 38.8 Å². The first kappa shape index (κ1) is 31.9. The average Bonchev–Trinajstić information content (AvgIpc) is 3.20. The minimum absolute atomic E-state index is 0.280. The fourth-order valence-electron chi connectivity index (χ4n) is 7.42. The van der Waals surface area contributed by atoms with Gasteiger partial charge in [-0.2, -0.15) is 0 Å². The van der Waals surface area contributed by atoms with Crippen LogP contribution in [0.25, 0.3) is 11.1 Å². The van der Waals surface area contributed by atoms with Gasteiger partial charge in [-0.1, -0.05) is 19.3 Å². The molecule has 43 heavy (non-hydrogen) atoms. The molecule has 1 saturated carbocycles. The smallest absolute Gasteiger partial charge is 0.337 e. The van der Waals surface area contributed by atoms with Gasteiger partial charge in [-0.05, 0) is 125 Å². The third-order valence-corrected chi connectivity index (χ3v) is 11.9. The first-order valence-corrected chi connectivity index (χ1v) is 17.2. The van der Waals surface area contributed by atoms with Crippen LogP contribution in [-0.4, -0.2) is 54.3 Å². The van der Waals surface area contributed by atoms with Crippen molar-refractivity contribution in [3.63, 3.8) is 0 Å². The van der Waals surface area contributed by atoms with Crippen molar-refractivity contribution in [2.75, 3.05) is 19.7 Å². The number of rotatable bonds is 6. The molecule has 0 amide bonds. The number of nitrogens with zero attached hydrogens (tertiary/aromatic N) is 1. The van der Waals surface area contributed by atoms with Gasteiger partial charge in [0.1, 0.15) is 0 Å². The molecule has 2 heterocycles. The van der Waals surface area contributed by atoms with E-state index in [9.17, 15) is 18.3 Å². The maximum absolute atomic E-state index is 15.6. The predicted molar refractivity (Wildman–Crippen MR) is 166 cm³/mol. The summed E-state index contributed by atoms with van der Waals surface area (Å²) in [6.07, 6.45) is 5.52. The van der Waals surface area contributed by atoms with E-state index in [4.69, 9.17) is 9.47 Å². The Morgan fingerprint density at radius 3 is 2.21 bits per heavy atom. The molecule has 5 rings (SSSR count). The van der Waals surface area contributed by atoms with E-state index >= 15 is 4.39 Å². The molecular formula is C34H46FNO6S. The van der Waals surface area contributed by atoms with Crippen LogP contribution in [0.5, 0.6) is 5.75 Å². The Bertz CT molecular complexity index is 1520. The molecule has 9 heteroatoms. The lowest BCUT2D eigenvalue weighted by Crippen LogP contribution is -2.41. The zero-order chi connectivity index (χ0) is 31.3. The molecule has 1 atom stereocenters. The minimum atomic E-state index is -3.45. The Kier molecular flexibility index (Phi) is 9.00. The Morgan fingerprint density at radius 2 is 1.60 bits per heavy atom. The number of fused-ring (bicyclic) bond motifs is 2. The van der Waals surface area contributed by atoms with Gasteiger partial charge in [-0.3, -0.25) is 0 Å². The summed E-state index contributed by atoms with van der Waals surface area (Å²) in [6.45, 7) is 12.5. The highest BCUT2D eigenvalue weighted by Gasteiger charge is 2.38. The quantitative estimate of drug-likeness (QED) is 0.387. The van der Waals surface area contributed by atoms with Gasteiger partial charge in [0.2, 0.25) is 10.0 Å². The molecule has 7 nitrogen and oxygen atoms in total. The van der Waals surface area contributed by atoms with E-state index in [1.807, 2.05) is 41.5 Å². The molecule has 0 radical (unpaired) electrons. The monoisotopic (exact) mass is 615 g/mol. The SMILES string of the molecule is Cc1c(-c2c(C)c3c(c(C)c2C(OC(C)(C)C)C(=O)O)CCN(S(=O)(=O)C2CCCCC2)CC3)cc(F)c2c1CCCO2. The van der Waals surface area contributed by atoms with Crippen molar-refractivity contribution in [3.8, 4) is 16.9 Å². The molecular weight excluding hydrogens is 569 g/mol. The number of benzene rings is 2. The highest BCUT2D eigenvalue weighted by molar-refractivity contribution is 7.89. The van der Waals surface area contributed by atoms with Crippen LogP contribution >= 0.6 is 0 Å². The van der Waals surface area contributed by atoms with Crippen molar-refractivity contribution in [1.29, 1.82) is 0 Å². The van der Waals surface area contributed by atoms with E-state index in [2.05, 4.69) is 0 Å².